The number of rotatable bonds is 8. The van der Waals surface area contributed by atoms with Gasteiger partial charge >= 0.3 is 12.1 Å². The van der Waals surface area contributed by atoms with Crippen LogP contribution in [0.25, 0.3) is 11.1 Å². The van der Waals surface area contributed by atoms with Gasteiger partial charge in [-0.05, 0) is 22.3 Å². The maximum absolute atomic E-state index is 12.9. The van der Waals surface area contributed by atoms with Crippen molar-refractivity contribution in [3.8, 4) is 11.1 Å². The van der Waals surface area contributed by atoms with E-state index in [-0.39, 0.29) is 38.8 Å². The van der Waals surface area contributed by atoms with Crippen LogP contribution in [-0.4, -0.2) is 68.2 Å². The summed E-state index contributed by atoms with van der Waals surface area (Å²) in [7, 11) is 1.34. The highest BCUT2D eigenvalue weighted by molar-refractivity contribution is 5.93. The zero-order valence-corrected chi connectivity index (χ0v) is 18.2. The Balaban J connectivity index is 1.44. The van der Waals surface area contributed by atoms with Crippen LogP contribution < -0.4 is 10.6 Å². The minimum absolute atomic E-state index is 0.0810. The Morgan fingerprint density at radius 2 is 1.76 bits per heavy atom. The third-order valence-electron chi connectivity index (χ3n) is 6.08. The van der Waals surface area contributed by atoms with Crippen molar-refractivity contribution in [2.24, 2.45) is 0 Å². The van der Waals surface area contributed by atoms with E-state index in [1.807, 2.05) is 48.5 Å². The molecule has 1 fully saturated rings. The highest BCUT2D eigenvalue weighted by Crippen LogP contribution is 2.44. The lowest BCUT2D eigenvalue weighted by atomic mass is 9.97. The number of carboxylic acid groups (broad SMARTS) is 1. The molecule has 1 aliphatic heterocycles. The van der Waals surface area contributed by atoms with E-state index in [2.05, 4.69) is 10.6 Å². The molecule has 2 aromatic carbocycles. The number of hydrogen-bond acceptors (Lipinski definition) is 6. The third kappa shape index (κ3) is 4.55. The number of benzene rings is 2. The SMILES string of the molecule is COC[C@H](NC(=O)C1(NC(=O)OCC2c3ccccc3-c3ccccc32)CCOC1)C(=O)O. The Hall–Kier alpha value is -3.43. The first-order chi connectivity index (χ1) is 15.9. The van der Waals surface area contributed by atoms with E-state index >= 15 is 0 Å². The number of alkyl carbamates (subject to hydrolysis) is 1. The van der Waals surface area contributed by atoms with Gasteiger partial charge in [0.2, 0.25) is 5.91 Å². The fourth-order valence-corrected chi connectivity index (χ4v) is 4.37. The van der Waals surface area contributed by atoms with Crippen LogP contribution in [0.3, 0.4) is 0 Å². The van der Waals surface area contributed by atoms with E-state index in [0.29, 0.717) is 0 Å². The monoisotopic (exact) mass is 454 g/mol. The molecule has 9 heteroatoms. The van der Waals surface area contributed by atoms with Crippen molar-refractivity contribution < 1.29 is 33.7 Å². The average molecular weight is 454 g/mol. The van der Waals surface area contributed by atoms with Crippen LogP contribution in [0.1, 0.15) is 23.5 Å². The van der Waals surface area contributed by atoms with Crippen LogP contribution in [0.15, 0.2) is 48.5 Å². The van der Waals surface area contributed by atoms with Gasteiger partial charge in [-0.2, -0.15) is 0 Å². The highest BCUT2D eigenvalue weighted by atomic mass is 16.6. The van der Waals surface area contributed by atoms with Gasteiger partial charge in [0.25, 0.3) is 0 Å². The lowest BCUT2D eigenvalue weighted by molar-refractivity contribution is -0.144. The number of fused-ring (bicyclic) bond motifs is 3. The molecule has 0 aromatic heterocycles. The molecule has 0 spiro atoms. The van der Waals surface area contributed by atoms with Gasteiger partial charge in [-0.1, -0.05) is 48.5 Å². The van der Waals surface area contributed by atoms with Crippen LogP contribution in [0.4, 0.5) is 4.79 Å². The molecule has 1 heterocycles. The molecule has 174 valence electrons. The first-order valence-electron chi connectivity index (χ1n) is 10.7. The van der Waals surface area contributed by atoms with Crippen LogP contribution in [0.5, 0.6) is 0 Å². The van der Waals surface area contributed by atoms with E-state index in [1.54, 1.807) is 0 Å². The molecule has 1 unspecified atom stereocenters. The van der Waals surface area contributed by atoms with Crippen LogP contribution >= 0.6 is 0 Å². The maximum Gasteiger partial charge on any atom is 0.408 e. The Kier molecular flexibility index (Phi) is 6.62. The zero-order valence-electron chi connectivity index (χ0n) is 18.2. The van der Waals surface area contributed by atoms with E-state index in [9.17, 15) is 19.5 Å². The van der Waals surface area contributed by atoms with Crippen LogP contribution in [-0.2, 0) is 23.8 Å². The molecule has 2 aliphatic rings. The molecule has 0 radical (unpaired) electrons. The zero-order chi connectivity index (χ0) is 23.4. The second-order valence-corrected chi connectivity index (χ2v) is 8.15. The molecular formula is C24H26N2O7. The Morgan fingerprint density at radius 3 is 2.30 bits per heavy atom. The molecule has 2 amide bonds. The number of carbonyl (C=O) groups is 3. The van der Waals surface area contributed by atoms with Crippen molar-refractivity contribution in [2.45, 2.75) is 23.9 Å². The van der Waals surface area contributed by atoms with E-state index < -0.39 is 29.6 Å². The summed E-state index contributed by atoms with van der Waals surface area (Å²) in [5, 5.41) is 14.3. The number of carbonyl (C=O) groups excluding carboxylic acids is 2. The largest absolute Gasteiger partial charge is 0.480 e. The van der Waals surface area contributed by atoms with Gasteiger partial charge in [-0.3, -0.25) is 4.79 Å². The molecule has 33 heavy (non-hydrogen) atoms. The van der Waals surface area contributed by atoms with E-state index in [1.165, 1.54) is 7.11 Å². The van der Waals surface area contributed by atoms with Gasteiger partial charge in [0.1, 0.15) is 12.1 Å². The summed E-state index contributed by atoms with van der Waals surface area (Å²) in [6.45, 7) is 0.0598. The van der Waals surface area contributed by atoms with Crippen molar-refractivity contribution in [2.75, 3.05) is 33.5 Å². The minimum atomic E-state index is -1.41. The number of aliphatic carboxylic acids is 1. The van der Waals surface area contributed by atoms with Crippen molar-refractivity contribution in [3.63, 3.8) is 0 Å². The molecular weight excluding hydrogens is 428 g/mol. The molecule has 0 bridgehead atoms. The summed E-state index contributed by atoms with van der Waals surface area (Å²) in [5.74, 6) is -2.01. The number of amides is 2. The first-order valence-corrected chi connectivity index (χ1v) is 10.7. The standard InChI is InChI=1S/C24H26N2O7/c1-31-13-20(21(27)28)25-22(29)24(10-11-32-14-24)26-23(30)33-12-19-17-8-4-2-6-15(17)16-7-3-5-9-18(16)19/h2-9,19-20H,10-14H2,1H3,(H,25,29)(H,26,30)(H,27,28)/t20-,24?/m0/s1. The summed E-state index contributed by atoms with van der Waals surface area (Å²) >= 11 is 0. The van der Waals surface area contributed by atoms with Gasteiger partial charge in [0.15, 0.2) is 6.04 Å². The Morgan fingerprint density at radius 1 is 1.12 bits per heavy atom. The van der Waals surface area contributed by atoms with Crippen molar-refractivity contribution in [1.82, 2.24) is 10.6 Å². The minimum Gasteiger partial charge on any atom is -0.480 e. The molecule has 0 saturated carbocycles. The number of methoxy groups -OCH3 is 1. The summed E-state index contributed by atoms with van der Waals surface area (Å²) in [6, 6.07) is 14.7. The summed E-state index contributed by atoms with van der Waals surface area (Å²) in [6.07, 6.45) is -0.571. The molecule has 1 aliphatic carbocycles. The summed E-state index contributed by atoms with van der Waals surface area (Å²) < 4.78 is 15.8. The fraction of sp³-hybridized carbons (Fsp3) is 0.375. The van der Waals surface area contributed by atoms with Gasteiger partial charge in [-0.25, -0.2) is 9.59 Å². The number of nitrogens with one attached hydrogen (secondary N) is 2. The smallest absolute Gasteiger partial charge is 0.408 e. The first kappa shape index (κ1) is 22.8. The predicted octanol–water partition coefficient (Wildman–Crippen LogP) is 1.90. The normalized spacial score (nSPS) is 19.9. The molecule has 9 nitrogen and oxygen atoms in total. The quantitative estimate of drug-likeness (QED) is 0.557. The molecule has 3 N–H and O–H groups in total. The molecule has 4 rings (SSSR count). The fourth-order valence-electron chi connectivity index (χ4n) is 4.37. The van der Waals surface area contributed by atoms with Gasteiger partial charge in [0, 0.05) is 26.1 Å². The Labute approximate surface area is 191 Å². The third-order valence-corrected chi connectivity index (χ3v) is 6.08. The maximum atomic E-state index is 12.9. The van der Waals surface area contributed by atoms with Gasteiger partial charge < -0.3 is 30.0 Å². The second kappa shape index (κ2) is 9.60. The van der Waals surface area contributed by atoms with Crippen LogP contribution in [0, 0.1) is 0 Å². The topological polar surface area (TPSA) is 123 Å². The predicted molar refractivity (Wildman–Crippen MR) is 118 cm³/mol. The summed E-state index contributed by atoms with van der Waals surface area (Å²) in [4.78, 5) is 37.0. The lowest BCUT2D eigenvalue weighted by Gasteiger charge is -2.28. The van der Waals surface area contributed by atoms with E-state index in [4.69, 9.17) is 14.2 Å². The van der Waals surface area contributed by atoms with Gasteiger partial charge in [0.05, 0.1) is 13.2 Å². The molecule has 2 aromatic rings. The Bertz CT molecular complexity index is 1000. The van der Waals surface area contributed by atoms with Crippen molar-refractivity contribution in [1.29, 1.82) is 0 Å². The second-order valence-electron chi connectivity index (χ2n) is 8.15. The number of ether oxygens (including phenoxy) is 3. The summed E-state index contributed by atoms with van der Waals surface area (Å²) in [5.41, 5.74) is 2.96. The number of hydrogen-bond donors (Lipinski definition) is 3. The van der Waals surface area contributed by atoms with Crippen LogP contribution in [0.2, 0.25) is 0 Å². The van der Waals surface area contributed by atoms with Gasteiger partial charge in [-0.15, -0.1) is 0 Å². The van der Waals surface area contributed by atoms with E-state index in [0.717, 1.165) is 22.3 Å². The highest BCUT2D eigenvalue weighted by Gasteiger charge is 2.45. The number of carboxylic acids is 1. The molecule has 1 saturated heterocycles. The average Bonchev–Trinajstić information content (AvgIpc) is 3.41. The molecule has 2 atom stereocenters. The van der Waals surface area contributed by atoms with Crippen molar-refractivity contribution in [3.05, 3.63) is 59.7 Å². The van der Waals surface area contributed by atoms with Crippen molar-refractivity contribution >= 4 is 18.0 Å². The lowest BCUT2D eigenvalue weighted by Crippen LogP contribution is -2.62.